The van der Waals surface area contributed by atoms with E-state index in [0.717, 1.165) is 19.4 Å². The molecule has 4 nitrogen and oxygen atoms in total. The van der Waals surface area contributed by atoms with Crippen molar-refractivity contribution in [3.63, 3.8) is 0 Å². The Morgan fingerprint density at radius 3 is 2.32 bits per heavy atom. The second kappa shape index (κ2) is 6.03. The van der Waals surface area contributed by atoms with Crippen molar-refractivity contribution in [3.05, 3.63) is 35.9 Å². The van der Waals surface area contributed by atoms with Gasteiger partial charge in [0.1, 0.15) is 0 Å². The van der Waals surface area contributed by atoms with Crippen LogP contribution in [0.5, 0.6) is 0 Å². The van der Waals surface area contributed by atoms with Gasteiger partial charge in [0.2, 0.25) is 10.0 Å². The van der Waals surface area contributed by atoms with Crippen molar-refractivity contribution >= 4 is 10.0 Å². The molecule has 1 aromatic carbocycles. The van der Waals surface area contributed by atoms with Crippen LogP contribution in [0, 0.1) is 0 Å². The van der Waals surface area contributed by atoms with Gasteiger partial charge in [0, 0.05) is 25.7 Å². The highest BCUT2D eigenvalue weighted by Crippen LogP contribution is 2.19. The number of sulfonamides is 1. The molecule has 106 valence electrons. The van der Waals surface area contributed by atoms with Gasteiger partial charge in [0.15, 0.2) is 0 Å². The smallest absolute Gasteiger partial charge is 0.211 e. The zero-order valence-electron chi connectivity index (χ0n) is 11.6. The monoisotopic (exact) mass is 282 g/mol. The van der Waals surface area contributed by atoms with Gasteiger partial charge in [-0.2, -0.15) is 0 Å². The summed E-state index contributed by atoms with van der Waals surface area (Å²) in [5.41, 5.74) is 1.30. The lowest BCUT2D eigenvalue weighted by Gasteiger charge is -2.35. The minimum Gasteiger partial charge on any atom is -0.299 e. The summed E-state index contributed by atoms with van der Waals surface area (Å²) in [6.07, 6.45) is 3.12. The summed E-state index contributed by atoms with van der Waals surface area (Å²) in [6.45, 7) is 2.20. The van der Waals surface area contributed by atoms with Gasteiger partial charge in [-0.1, -0.05) is 30.3 Å². The lowest BCUT2D eigenvalue weighted by molar-refractivity contribution is 0.162. The highest BCUT2D eigenvalue weighted by Gasteiger charge is 2.26. The van der Waals surface area contributed by atoms with Crippen LogP contribution in [0.15, 0.2) is 30.3 Å². The summed E-state index contributed by atoms with van der Waals surface area (Å²) in [5.74, 6) is 0. The van der Waals surface area contributed by atoms with Crippen molar-refractivity contribution in [1.82, 2.24) is 9.21 Å². The molecule has 0 bridgehead atoms. The molecule has 0 aliphatic carbocycles. The highest BCUT2D eigenvalue weighted by atomic mass is 32.2. The summed E-state index contributed by atoms with van der Waals surface area (Å²) in [4.78, 5) is 2.33. The second-order valence-corrected chi connectivity index (χ2v) is 7.28. The molecule has 1 heterocycles. The van der Waals surface area contributed by atoms with Crippen molar-refractivity contribution in [2.24, 2.45) is 0 Å². The fourth-order valence-electron chi connectivity index (χ4n) is 2.62. The Morgan fingerprint density at radius 2 is 1.79 bits per heavy atom. The summed E-state index contributed by atoms with van der Waals surface area (Å²) in [5, 5.41) is 0. The number of hydrogen-bond donors (Lipinski definition) is 0. The van der Waals surface area contributed by atoms with Crippen LogP contribution >= 0.6 is 0 Å². The number of piperidine rings is 1. The van der Waals surface area contributed by atoms with E-state index >= 15 is 0 Å². The van der Waals surface area contributed by atoms with Crippen LogP contribution in [0.25, 0.3) is 0 Å². The molecule has 0 N–H and O–H groups in total. The fraction of sp³-hybridized carbons (Fsp3) is 0.571. The van der Waals surface area contributed by atoms with Gasteiger partial charge in [0.25, 0.3) is 0 Å². The van der Waals surface area contributed by atoms with E-state index in [1.807, 2.05) is 6.07 Å². The molecule has 0 spiro atoms. The van der Waals surface area contributed by atoms with Crippen LogP contribution in [-0.4, -0.2) is 50.1 Å². The molecule has 0 aromatic heterocycles. The van der Waals surface area contributed by atoms with Crippen LogP contribution in [-0.2, 0) is 16.6 Å². The number of nitrogens with zero attached hydrogens (tertiary/aromatic N) is 2. The van der Waals surface area contributed by atoms with Crippen LogP contribution in [0.3, 0.4) is 0 Å². The first-order valence-electron chi connectivity index (χ1n) is 6.66. The zero-order valence-corrected chi connectivity index (χ0v) is 12.4. The quantitative estimate of drug-likeness (QED) is 0.841. The van der Waals surface area contributed by atoms with Crippen molar-refractivity contribution in [2.75, 3.05) is 26.4 Å². The maximum Gasteiger partial charge on any atom is 0.211 e. The topological polar surface area (TPSA) is 40.6 Å². The standard InChI is InChI=1S/C14H22N2O2S/c1-15(12-13-6-4-3-5-7-13)14-8-10-16(11-9-14)19(2,17)18/h3-7,14H,8-12H2,1-2H3. The molecule has 1 aliphatic heterocycles. The molecule has 2 rings (SSSR count). The molecular formula is C14H22N2O2S. The largest absolute Gasteiger partial charge is 0.299 e. The third-order valence-electron chi connectivity index (χ3n) is 3.79. The van der Waals surface area contributed by atoms with Gasteiger partial charge in [-0.05, 0) is 25.5 Å². The molecule has 1 aromatic rings. The van der Waals surface area contributed by atoms with Gasteiger partial charge >= 0.3 is 0 Å². The van der Waals surface area contributed by atoms with E-state index in [1.165, 1.54) is 11.8 Å². The van der Waals surface area contributed by atoms with E-state index in [-0.39, 0.29) is 0 Å². The van der Waals surface area contributed by atoms with E-state index in [2.05, 4.69) is 36.2 Å². The van der Waals surface area contributed by atoms with Crippen LogP contribution in [0.4, 0.5) is 0 Å². The minimum atomic E-state index is -3.02. The molecular weight excluding hydrogens is 260 g/mol. The number of hydrogen-bond acceptors (Lipinski definition) is 3. The molecule has 19 heavy (non-hydrogen) atoms. The normalized spacial score (nSPS) is 18.9. The SMILES string of the molecule is CN(Cc1ccccc1)C1CCN(S(C)(=O)=O)CC1. The molecule has 0 unspecified atom stereocenters. The maximum atomic E-state index is 11.5. The third-order valence-corrected chi connectivity index (χ3v) is 5.09. The maximum absolute atomic E-state index is 11.5. The van der Waals surface area contributed by atoms with E-state index in [1.54, 1.807) is 4.31 Å². The van der Waals surface area contributed by atoms with Gasteiger partial charge in [-0.3, -0.25) is 4.90 Å². The first kappa shape index (κ1) is 14.5. The molecule has 0 amide bonds. The second-order valence-electron chi connectivity index (χ2n) is 5.29. The van der Waals surface area contributed by atoms with E-state index < -0.39 is 10.0 Å². The van der Waals surface area contributed by atoms with Crippen molar-refractivity contribution in [3.8, 4) is 0 Å². The molecule has 0 saturated carbocycles. The lowest BCUT2D eigenvalue weighted by atomic mass is 10.0. The lowest BCUT2D eigenvalue weighted by Crippen LogP contribution is -2.44. The van der Waals surface area contributed by atoms with Crippen LogP contribution in [0.2, 0.25) is 0 Å². The average molecular weight is 282 g/mol. The minimum absolute atomic E-state index is 0.471. The van der Waals surface area contributed by atoms with Crippen molar-refractivity contribution < 1.29 is 8.42 Å². The van der Waals surface area contributed by atoms with Gasteiger partial charge in [-0.25, -0.2) is 12.7 Å². The number of rotatable bonds is 4. The van der Waals surface area contributed by atoms with Gasteiger partial charge in [-0.15, -0.1) is 0 Å². The molecule has 0 radical (unpaired) electrons. The Morgan fingerprint density at radius 1 is 1.21 bits per heavy atom. The summed E-state index contributed by atoms with van der Waals surface area (Å²) in [7, 11) is -0.900. The Balaban J connectivity index is 1.88. The van der Waals surface area contributed by atoms with Gasteiger partial charge < -0.3 is 0 Å². The Labute approximate surface area is 116 Å². The predicted molar refractivity (Wildman–Crippen MR) is 77.3 cm³/mol. The Hall–Kier alpha value is -0.910. The first-order chi connectivity index (χ1) is 8.97. The summed E-state index contributed by atoms with van der Waals surface area (Å²) in [6, 6.07) is 10.8. The Kier molecular flexibility index (Phi) is 4.60. The molecule has 1 saturated heterocycles. The Bertz CT molecular complexity index is 493. The molecule has 0 atom stereocenters. The van der Waals surface area contributed by atoms with Crippen LogP contribution < -0.4 is 0 Å². The van der Waals surface area contributed by atoms with E-state index in [0.29, 0.717) is 19.1 Å². The summed E-state index contributed by atoms with van der Waals surface area (Å²) < 4.78 is 24.5. The molecule has 1 aliphatic rings. The third kappa shape index (κ3) is 4.03. The predicted octanol–water partition coefficient (Wildman–Crippen LogP) is 1.54. The first-order valence-corrected chi connectivity index (χ1v) is 8.51. The van der Waals surface area contributed by atoms with Crippen LogP contribution in [0.1, 0.15) is 18.4 Å². The van der Waals surface area contributed by atoms with Crippen molar-refractivity contribution in [2.45, 2.75) is 25.4 Å². The molecule has 1 fully saturated rings. The highest BCUT2D eigenvalue weighted by molar-refractivity contribution is 7.88. The van der Waals surface area contributed by atoms with Gasteiger partial charge in [0.05, 0.1) is 6.26 Å². The fourth-order valence-corrected chi connectivity index (χ4v) is 3.49. The molecule has 5 heteroatoms. The van der Waals surface area contributed by atoms with E-state index in [9.17, 15) is 8.42 Å². The number of benzene rings is 1. The van der Waals surface area contributed by atoms with Crippen molar-refractivity contribution in [1.29, 1.82) is 0 Å². The average Bonchev–Trinajstić information content (AvgIpc) is 2.39. The zero-order chi connectivity index (χ0) is 13.9. The summed E-state index contributed by atoms with van der Waals surface area (Å²) >= 11 is 0. The van der Waals surface area contributed by atoms with E-state index in [4.69, 9.17) is 0 Å².